The molecule has 1 heterocycles. The highest BCUT2D eigenvalue weighted by Gasteiger charge is 2.31. The Morgan fingerprint density at radius 2 is 1.89 bits per heavy atom. The van der Waals surface area contributed by atoms with Crippen LogP contribution in [0.2, 0.25) is 5.02 Å². The van der Waals surface area contributed by atoms with Gasteiger partial charge in [-0.3, -0.25) is 4.79 Å². The standard InChI is InChI=1S/C18H11ClF4N2O2/c1-9-14(16(25-27-9)15-12(19)6-3-7-13(15)20)17(26)24-11-5-2-4-10(8-11)18(21,22)23/h2-8H,1H3,(H,24,26). The van der Waals surface area contributed by atoms with Gasteiger partial charge in [-0.05, 0) is 37.3 Å². The number of aryl methyl sites for hydroxylation is 1. The van der Waals surface area contributed by atoms with E-state index in [0.717, 1.165) is 24.3 Å². The Morgan fingerprint density at radius 1 is 1.19 bits per heavy atom. The second kappa shape index (κ2) is 7.03. The fraction of sp³-hybridized carbons (Fsp3) is 0.111. The quantitative estimate of drug-likeness (QED) is 0.574. The summed E-state index contributed by atoms with van der Waals surface area (Å²) in [5, 5.41) is 6.04. The van der Waals surface area contributed by atoms with Crippen LogP contribution in [0, 0.1) is 12.7 Å². The monoisotopic (exact) mass is 398 g/mol. The molecular weight excluding hydrogens is 388 g/mol. The molecule has 2 aromatic carbocycles. The second-order valence-electron chi connectivity index (χ2n) is 5.59. The van der Waals surface area contributed by atoms with Gasteiger partial charge in [-0.15, -0.1) is 0 Å². The number of hydrogen-bond donors (Lipinski definition) is 1. The summed E-state index contributed by atoms with van der Waals surface area (Å²) in [6, 6.07) is 8.06. The lowest BCUT2D eigenvalue weighted by Gasteiger charge is -2.10. The van der Waals surface area contributed by atoms with Gasteiger partial charge in [-0.1, -0.05) is 28.9 Å². The number of benzene rings is 2. The molecule has 0 atom stereocenters. The van der Waals surface area contributed by atoms with Gasteiger partial charge in [-0.2, -0.15) is 13.2 Å². The number of alkyl halides is 3. The van der Waals surface area contributed by atoms with Crippen molar-refractivity contribution in [1.82, 2.24) is 5.16 Å². The third-order valence-corrected chi connectivity index (χ3v) is 4.05. The zero-order valence-electron chi connectivity index (χ0n) is 13.7. The predicted octanol–water partition coefficient (Wildman–Crippen LogP) is 5.71. The van der Waals surface area contributed by atoms with E-state index in [4.69, 9.17) is 16.1 Å². The molecule has 4 nitrogen and oxygen atoms in total. The Labute approximate surface area is 155 Å². The first-order valence-electron chi connectivity index (χ1n) is 7.57. The molecule has 0 aliphatic rings. The highest BCUT2D eigenvalue weighted by Crippen LogP contribution is 2.34. The normalized spacial score (nSPS) is 11.5. The van der Waals surface area contributed by atoms with Gasteiger partial charge >= 0.3 is 6.18 Å². The smallest absolute Gasteiger partial charge is 0.360 e. The number of carbonyl (C=O) groups excluding carboxylic acids is 1. The van der Waals surface area contributed by atoms with E-state index < -0.39 is 23.5 Å². The number of nitrogens with zero attached hydrogens (tertiary/aromatic N) is 1. The fourth-order valence-electron chi connectivity index (χ4n) is 2.50. The maximum atomic E-state index is 14.2. The minimum atomic E-state index is -4.56. The van der Waals surface area contributed by atoms with E-state index in [9.17, 15) is 22.4 Å². The van der Waals surface area contributed by atoms with Crippen molar-refractivity contribution in [2.75, 3.05) is 5.32 Å². The van der Waals surface area contributed by atoms with Crippen LogP contribution in [0.25, 0.3) is 11.3 Å². The molecule has 1 aromatic heterocycles. The molecule has 0 unspecified atom stereocenters. The summed E-state index contributed by atoms with van der Waals surface area (Å²) in [7, 11) is 0. The number of carbonyl (C=O) groups is 1. The van der Waals surface area contributed by atoms with Crippen molar-refractivity contribution in [1.29, 1.82) is 0 Å². The molecule has 0 aliphatic carbocycles. The molecular formula is C18H11ClF4N2O2. The van der Waals surface area contributed by atoms with E-state index in [0.29, 0.717) is 0 Å². The summed E-state index contributed by atoms with van der Waals surface area (Å²) >= 11 is 6.00. The molecule has 9 heteroatoms. The maximum absolute atomic E-state index is 14.2. The first kappa shape index (κ1) is 18.9. The Morgan fingerprint density at radius 3 is 2.56 bits per heavy atom. The first-order chi connectivity index (χ1) is 12.7. The molecule has 0 radical (unpaired) electrons. The molecule has 0 spiro atoms. The predicted molar refractivity (Wildman–Crippen MR) is 91.0 cm³/mol. The van der Waals surface area contributed by atoms with Gasteiger partial charge < -0.3 is 9.84 Å². The van der Waals surface area contributed by atoms with E-state index in [-0.39, 0.29) is 33.3 Å². The van der Waals surface area contributed by atoms with Crippen LogP contribution in [-0.2, 0) is 6.18 Å². The molecule has 27 heavy (non-hydrogen) atoms. The molecule has 0 saturated carbocycles. The number of rotatable bonds is 3. The highest BCUT2D eigenvalue weighted by molar-refractivity contribution is 6.33. The van der Waals surface area contributed by atoms with Crippen LogP contribution < -0.4 is 5.32 Å². The summed E-state index contributed by atoms with van der Waals surface area (Å²) in [4.78, 5) is 12.6. The third-order valence-electron chi connectivity index (χ3n) is 3.74. The fourth-order valence-corrected chi connectivity index (χ4v) is 2.75. The molecule has 0 bridgehead atoms. The van der Waals surface area contributed by atoms with Crippen LogP contribution >= 0.6 is 11.6 Å². The maximum Gasteiger partial charge on any atom is 0.416 e. The van der Waals surface area contributed by atoms with Crippen LogP contribution in [0.3, 0.4) is 0 Å². The van der Waals surface area contributed by atoms with Gasteiger partial charge in [0.2, 0.25) is 0 Å². The number of aromatic nitrogens is 1. The average molecular weight is 399 g/mol. The lowest BCUT2D eigenvalue weighted by molar-refractivity contribution is -0.137. The van der Waals surface area contributed by atoms with E-state index in [1.807, 2.05) is 0 Å². The minimum Gasteiger partial charge on any atom is -0.360 e. The summed E-state index contributed by atoms with van der Waals surface area (Å²) < 4.78 is 57.6. The highest BCUT2D eigenvalue weighted by atomic mass is 35.5. The zero-order valence-corrected chi connectivity index (χ0v) is 14.5. The van der Waals surface area contributed by atoms with Gasteiger partial charge in [0.1, 0.15) is 22.8 Å². The molecule has 0 aliphatic heterocycles. The van der Waals surface area contributed by atoms with Gasteiger partial charge in [0.25, 0.3) is 5.91 Å². The Kier molecular flexibility index (Phi) is 4.93. The Balaban J connectivity index is 1.99. The number of halogens is 5. The summed E-state index contributed by atoms with van der Waals surface area (Å²) in [6.07, 6.45) is -4.56. The largest absolute Gasteiger partial charge is 0.416 e. The number of amides is 1. The van der Waals surface area contributed by atoms with Gasteiger partial charge in [-0.25, -0.2) is 4.39 Å². The molecule has 0 saturated heterocycles. The lowest BCUT2D eigenvalue weighted by atomic mass is 10.0. The van der Waals surface area contributed by atoms with E-state index in [2.05, 4.69) is 10.5 Å². The second-order valence-corrected chi connectivity index (χ2v) is 6.00. The van der Waals surface area contributed by atoms with Gasteiger partial charge in [0.15, 0.2) is 0 Å². The molecule has 1 N–H and O–H groups in total. The van der Waals surface area contributed by atoms with Gasteiger partial charge in [0.05, 0.1) is 16.1 Å². The number of hydrogen-bond acceptors (Lipinski definition) is 3. The zero-order chi connectivity index (χ0) is 19.8. The van der Waals surface area contributed by atoms with Crippen molar-refractivity contribution in [3.8, 4) is 11.3 Å². The molecule has 3 aromatic rings. The summed E-state index contributed by atoms with van der Waals surface area (Å²) in [5.74, 6) is -1.46. The van der Waals surface area contributed by atoms with Crippen LogP contribution in [0.4, 0.5) is 23.2 Å². The summed E-state index contributed by atoms with van der Waals surface area (Å²) in [6.45, 7) is 1.42. The van der Waals surface area contributed by atoms with Crippen LogP contribution in [0.5, 0.6) is 0 Å². The van der Waals surface area contributed by atoms with Crippen molar-refractivity contribution in [3.05, 3.63) is 70.2 Å². The van der Waals surface area contributed by atoms with Crippen LogP contribution in [0.15, 0.2) is 47.0 Å². The van der Waals surface area contributed by atoms with Crippen LogP contribution in [0.1, 0.15) is 21.7 Å². The lowest BCUT2D eigenvalue weighted by Crippen LogP contribution is -2.14. The van der Waals surface area contributed by atoms with Gasteiger partial charge in [0, 0.05) is 5.69 Å². The molecule has 1 amide bonds. The third kappa shape index (κ3) is 3.80. The number of anilines is 1. The van der Waals surface area contributed by atoms with E-state index in [1.54, 1.807) is 0 Å². The number of nitrogens with one attached hydrogen (secondary N) is 1. The SMILES string of the molecule is Cc1onc(-c2c(F)cccc2Cl)c1C(=O)Nc1cccc(C(F)(F)F)c1. The Hall–Kier alpha value is -2.87. The van der Waals surface area contributed by atoms with Crippen LogP contribution in [-0.4, -0.2) is 11.1 Å². The Bertz CT molecular complexity index is 995. The summed E-state index contributed by atoms with van der Waals surface area (Å²) in [5.41, 5.74) is -1.40. The van der Waals surface area contributed by atoms with Crippen molar-refractivity contribution in [3.63, 3.8) is 0 Å². The van der Waals surface area contributed by atoms with Crippen molar-refractivity contribution < 1.29 is 26.9 Å². The average Bonchev–Trinajstić information content (AvgIpc) is 2.95. The molecule has 140 valence electrons. The molecule has 0 fully saturated rings. The van der Waals surface area contributed by atoms with Crippen molar-refractivity contribution in [2.24, 2.45) is 0 Å². The molecule has 3 rings (SSSR count). The minimum absolute atomic E-state index is 0.0106. The van der Waals surface area contributed by atoms with E-state index in [1.165, 1.54) is 25.1 Å². The van der Waals surface area contributed by atoms with Crippen molar-refractivity contribution in [2.45, 2.75) is 13.1 Å². The van der Waals surface area contributed by atoms with E-state index >= 15 is 0 Å². The topological polar surface area (TPSA) is 55.1 Å². The van der Waals surface area contributed by atoms with Crippen molar-refractivity contribution >= 4 is 23.2 Å². The first-order valence-corrected chi connectivity index (χ1v) is 7.95.